The second-order valence-electron chi connectivity index (χ2n) is 3.67. The maximum Gasteiger partial charge on any atom is 0.374 e. The second-order valence-corrected chi connectivity index (χ2v) is 5.38. The molecule has 0 atom stereocenters. The number of esters is 1. The van der Waals surface area contributed by atoms with Gasteiger partial charge in [0.1, 0.15) is 5.75 Å². The van der Waals surface area contributed by atoms with Crippen LogP contribution in [-0.4, -0.2) is 17.7 Å². The molecule has 0 aliphatic rings. The van der Waals surface area contributed by atoms with Gasteiger partial charge in [0, 0.05) is 5.56 Å². The van der Waals surface area contributed by atoms with E-state index in [2.05, 4.69) is 31.9 Å². The Balaban J connectivity index is 2.74. The molecule has 6 heteroatoms. The van der Waals surface area contributed by atoms with Crippen LogP contribution >= 0.6 is 31.9 Å². The molecule has 0 fully saturated rings. The molecule has 4 nitrogen and oxygen atoms in total. The number of aryl methyl sites for hydroxylation is 1. The summed E-state index contributed by atoms with van der Waals surface area (Å²) >= 11 is 6.57. The average molecular weight is 378 g/mol. The number of halogens is 2. The minimum Gasteiger partial charge on any atom is -0.506 e. The van der Waals surface area contributed by atoms with Crippen LogP contribution < -0.4 is 0 Å². The number of phenols is 1. The number of carbonyl (C=O) groups is 1. The third kappa shape index (κ3) is 2.03. The standard InChI is InChI=1S/C12H10Br2O4/c1-3-17-12(16)10-5(2)8-9(15)6(13)4-7(14)11(8)18-10/h4,15H,3H2,1-2H3. The first kappa shape index (κ1) is 13.4. The van der Waals surface area contributed by atoms with Gasteiger partial charge < -0.3 is 14.3 Å². The molecule has 96 valence electrons. The third-order valence-electron chi connectivity index (χ3n) is 2.54. The molecule has 0 bridgehead atoms. The molecule has 0 aliphatic heterocycles. The van der Waals surface area contributed by atoms with E-state index < -0.39 is 5.97 Å². The van der Waals surface area contributed by atoms with Crippen molar-refractivity contribution in [1.82, 2.24) is 0 Å². The zero-order chi connectivity index (χ0) is 13.4. The molecule has 0 amide bonds. The van der Waals surface area contributed by atoms with E-state index in [-0.39, 0.29) is 18.1 Å². The van der Waals surface area contributed by atoms with E-state index in [0.717, 1.165) is 0 Å². The molecule has 0 spiro atoms. The Morgan fingerprint density at radius 3 is 2.72 bits per heavy atom. The van der Waals surface area contributed by atoms with Gasteiger partial charge in [0.2, 0.25) is 5.76 Å². The Labute approximate surface area is 120 Å². The van der Waals surface area contributed by atoms with Crippen molar-refractivity contribution in [2.24, 2.45) is 0 Å². The highest BCUT2D eigenvalue weighted by Gasteiger charge is 2.23. The molecule has 0 saturated carbocycles. The molecule has 0 unspecified atom stereocenters. The summed E-state index contributed by atoms with van der Waals surface area (Å²) < 4.78 is 11.6. The lowest BCUT2D eigenvalue weighted by Gasteiger charge is -2.00. The minimum absolute atomic E-state index is 0.0463. The largest absolute Gasteiger partial charge is 0.506 e. The van der Waals surface area contributed by atoms with Crippen LogP contribution in [0.1, 0.15) is 23.0 Å². The molecular formula is C12H10Br2O4. The van der Waals surface area contributed by atoms with Gasteiger partial charge in [0.15, 0.2) is 5.58 Å². The number of furan rings is 1. The number of hydrogen-bond acceptors (Lipinski definition) is 4. The number of benzene rings is 1. The van der Waals surface area contributed by atoms with Gasteiger partial charge in [-0.15, -0.1) is 0 Å². The SMILES string of the molecule is CCOC(=O)c1oc2c(Br)cc(Br)c(O)c2c1C. The van der Waals surface area contributed by atoms with Gasteiger partial charge in [-0.05, 0) is 51.8 Å². The summed E-state index contributed by atoms with van der Waals surface area (Å²) in [5.41, 5.74) is 0.985. The number of carbonyl (C=O) groups excluding carboxylic acids is 1. The highest BCUT2D eigenvalue weighted by Crippen LogP contribution is 2.41. The number of phenolic OH excluding ortho intramolecular Hbond substituents is 1. The van der Waals surface area contributed by atoms with E-state index in [0.29, 0.717) is 25.5 Å². The predicted octanol–water partition coefficient (Wildman–Crippen LogP) is 4.15. The molecule has 1 heterocycles. The summed E-state index contributed by atoms with van der Waals surface area (Å²) in [4.78, 5) is 11.7. The van der Waals surface area contributed by atoms with E-state index >= 15 is 0 Å². The van der Waals surface area contributed by atoms with E-state index in [9.17, 15) is 9.90 Å². The van der Waals surface area contributed by atoms with E-state index in [1.807, 2.05) is 0 Å². The highest BCUT2D eigenvalue weighted by molar-refractivity contribution is 9.11. The number of aromatic hydroxyl groups is 1. The lowest BCUT2D eigenvalue weighted by Crippen LogP contribution is -2.04. The van der Waals surface area contributed by atoms with E-state index in [1.165, 1.54) is 0 Å². The number of hydrogen-bond donors (Lipinski definition) is 1. The van der Waals surface area contributed by atoms with Crippen LogP contribution in [0, 0.1) is 6.92 Å². The molecule has 0 aliphatic carbocycles. The third-order valence-corrected chi connectivity index (χ3v) is 3.73. The Morgan fingerprint density at radius 1 is 1.44 bits per heavy atom. The highest BCUT2D eigenvalue weighted by atomic mass is 79.9. The van der Waals surface area contributed by atoms with Crippen LogP contribution in [0.25, 0.3) is 11.0 Å². The monoisotopic (exact) mass is 376 g/mol. The fourth-order valence-corrected chi connectivity index (χ4v) is 2.97. The van der Waals surface area contributed by atoms with Crippen molar-refractivity contribution < 1.29 is 19.1 Å². The van der Waals surface area contributed by atoms with E-state index in [1.54, 1.807) is 19.9 Å². The van der Waals surface area contributed by atoms with Crippen LogP contribution in [0.4, 0.5) is 0 Å². The normalized spacial score (nSPS) is 10.9. The Kier molecular flexibility index (Phi) is 3.68. The Hall–Kier alpha value is -1.01. The van der Waals surface area contributed by atoms with Gasteiger partial charge in [-0.25, -0.2) is 4.79 Å². The molecular weight excluding hydrogens is 368 g/mol. The van der Waals surface area contributed by atoms with Gasteiger partial charge in [-0.2, -0.15) is 0 Å². The van der Waals surface area contributed by atoms with Crippen LogP contribution in [0.2, 0.25) is 0 Å². The number of rotatable bonds is 2. The maximum absolute atomic E-state index is 11.7. The van der Waals surface area contributed by atoms with Gasteiger partial charge in [-0.1, -0.05) is 0 Å². The first-order valence-corrected chi connectivity index (χ1v) is 6.83. The van der Waals surface area contributed by atoms with Gasteiger partial charge in [0.25, 0.3) is 0 Å². The number of fused-ring (bicyclic) bond motifs is 1. The molecule has 0 saturated heterocycles. The maximum atomic E-state index is 11.7. The van der Waals surface area contributed by atoms with E-state index in [4.69, 9.17) is 9.15 Å². The summed E-state index contributed by atoms with van der Waals surface area (Å²) in [6.45, 7) is 3.70. The summed E-state index contributed by atoms with van der Waals surface area (Å²) in [5, 5.41) is 10.5. The predicted molar refractivity (Wildman–Crippen MR) is 74.0 cm³/mol. The molecule has 2 rings (SSSR count). The first-order chi connectivity index (χ1) is 8.47. The van der Waals surface area contributed by atoms with Crippen LogP contribution in [-0.2, 0) is 4.74 Å². The summed E-state index contributed by atoms with van der Waals surface area (Å²) in [7, 11) is 0. The van der Waals surface area contributed by atoms with Crippen LogP contribution in [0.3, 0.4) is 0 Å². The second kappa shape index (κ2) is 4.93. The first-order valence-electron chi connectivity index (χ1n) is 5.24. The van der Waals surface area contributed by atoms with Crippen LogP contribution in [0.15, 0.2) is 19.4 Å². The average Bonchev–Trinajstić information content (AvgIpc) is 2.65. The van der Waals surface area contributed by atoms with Crippen molar-refractivity contribution in [2.45, 2.75) is 13.8 Å². The van der Waals surface area contributed by atoms with Crippen LogP contribution in [0.5, 0.6) is 5.75 Å². The lowest BCUT2D eigenvalue weighted by molar-refractivity contribution is 0.0491. The lowest BCUT2D eigenvalue weighted by atomic mass is 10.1. The van der Waals surface area contributed by atoms with Crippen molar-refractivity contribution in [2.75, 3.05) is 6.61 Å². The summed E-state index contributed by atoms with van der Waals surface area (Å²) in [5.74, 6) is -0.375. The molecule has 2 aromatic rings. The quantitative estimate of drug-likeness (QED) is 0.798. The molecule has 1 aromatic heterocycles. The summed E-state index contributed by atoms with van der Waals surface area (Å²) in [6, 6.07) is 1.66. The number of ether oxygens (including phenoxy) is 1. The molecule has 1 aromatic carbocycles. The van der Waals surface area contributed by atoms with Crippen molar-refractivity contribution in [3.05, 3.63) is 26.3 Å². The molecule has 18 heavy (non-hydrogen) atoms. The fraction of sp³-hybridized carbons (Fsp3) is 0.250. The van der Waals surface area contributed by atoms with Gasteiger partial charge >= 0.3 is 5.97 Å². The van der Waals surface area contributed by atoms with Gasteiger partial charge in [-0.3, -0.25) is 0 Å². The molecule has 0 radical (unpaired) electrons. The molecule has 1 N–H and O–H groups in total. The van der Waals surface area contributed by atoms with Crippen molar-refractivity contribution in [1.29, 1.82) is 0 Å². The smallest absolute Gasteiger partial charge is 0.374 e. The topological polar surface area (TPSA) is 59.7 Å². The van der Waals surface area contributed by atoms with Crippen molar-refractivity contribution >= 4 is 48.8 Å². The van der Waals surface area contributed by atoms with Crippen molar-refractivity contribution in [3.63, 3.8) is 0 Å². The zero-order valence-electron chi connectivity index (χ0n) is 9.71. The fourth-order valence-electron chi connectivity index (χ4n) is 1.72. The Bertz CT molecular complexity index is 631. The van der Waals surface area contributed by atoms with Gasteiger partial charge in [0.05, 0.1) is 20.9 Å². The van der Waals surface area contributed by atoms with Crippen molar-refractivity contribution in [3.8, 4) is 5.75 Å². The zero-order valence-corrected chi connectivity index (χ0v) is 12.9. The summed E-state index contributed by atoms with van der Waals surface area (Å²) in [6.07, 6.45) is 0. The Morgan fingerprint density at radius 2 is 2.11 bits per heavy atom. The minimum atomic E-state index is -0.534.